The summed E-state index contributed by atoms with van der Waals surface area (Å²) in [6, 6.07) is 21.0. The second kappa shape index (κ2) is 6.20. The minimum absolute atomic E-state index is 0.157. The molecule has 25 heavy (non-hydrogen) atoms. The van der Waals surface area contributed by atoms with Gasteiger partial charge in [0.15, 0.2) is 0 Å². The van der Waals surface area contributed by atoms with Gasteiger partial charge in [0, 0.05) is 18.8 Å². The van der Waals surface area contributed by atoms with Crippen LogP contribution in [0.4, 0.5) is 5.69 Å². The van der Waals surface area contributed by atoms with Crippen molar-refractivity contribution < 1.29 is 4.79 Å². The van der Waals surface area contributed by atoms with E-state index in [1.807, 2.05) is 80.0 Å². The Bertz CT molecular complexity index is 971. The molecule has 0 N–H and O–H groups in total. The Hall–Kier alpha value is -3.47. The fraction of sp³-hybridized carbons (Fsp3) is 0.0500. The molecule has 122 valence electrons. The molecular formula is C20H16N4O. The summed E-state index contributed by atoms with van der Waals surface area (Å²) < 4.78 is 1.71. The predicted octanol–water partition coefficient (Wildman–Crippen LogP) is 3.25. The Labute approximate surface area is 145 Å². The lowest BCUT2D eigenvalue weighted by molar-refractivity contribution is -0.114. The molecule has 2 aromatic carbocycles. The van der Waals surface area contributed by atoms with E-state index in [1.54, 1.807) is 10.8 Å². The van der Waals surface area contributed by atoms with Crippen LogP contribution in [0.25, 0.3) is 6.08 Å². The van der Waals surface area contributed by atoms with Gasteiger partial charge in [0.1, 0.15) is 5.71 Å². The predicted molar refractivity (Wildman–Crippen MR) is 98.1 cm³/mol. The summed E-state index contributed by atoms with van der Waals surface area (Å²) in [4.78, 5) is 13.0. The number of aryl methyl sites for hydroxylation is 1. The summed E-state index contributed by atoms with van der Waals surface area (Å²) in [5.41, 5.74) is 3.56. The zero-order chi connectivity index (χ0) is 17.2. The minimum atomic E-state index is -0.157. The van der Waals surface area contributed by atoms with E-state index >= 15 is 0 Å². The van der Waals surface area contributed by atoms with Crippen molar-refractivity contribution in [2.75, 3.05) is 5.01 Å². The number of hydrogen-bond donors (Lipinski definition) is 0. The van der Waals surface area contributed by atoms with E-state index in [4.69, 9.17) is 0 Å². The molecule has 1 aliphatic heterocycles. The van der Waals surface area contributed by atoms with Crippen LogP contribution in [-0.2, 0) is 11.8 Å². The molecule has 0 atom stereocenters. The van der Waals surface area contributed by atoms with Crippen LogP contribution >= 0.6 is 0 Å². The number of anilines is 1. The highest BCUT2D eigenvalue weighted by Gasteiger charge is 2.32. The molecule has 1 aliphatic rings. The molecule has 2 heterocycles. The number of carbonyl (C=O) groups excluding carboxylic acids is 1. The highest BCUT2D eigenvalue weighted by atomic mass is 16.2. The highest BCUT2D eigenvalue weighted by Crippen LogP contribution is 2.27. The SMILES string of the molecule is Cn1ccc(/C=C2/C(=O)N(c3ccccc3)N=C2c2ccccc2)n1. The lowest BCUT2D eigenvalue weighted by Gasteiger charge is -2.10. The Kier molecular flexibility index (Phi) is 3.74. The zero-order valence-electron chi connectivity index (χ0n) is 13.7. The summed E-state index contributed by atoms with van der Waals surface area (Å²) in [6.45, 7) is 0. The van der Waals surface area contributed by atoms with E-state index in [1.165, 1.54) is 5.01 Å². The summed E-state index contributed by atoms with van der Waals surface area (Å²) in [5, 5.41) is 10.4. The van der Waals surface area contributed by atoms with E-state index in [-0.39, 0.29) is 5.91 Å². The van der Waals surface area contributed by atoms with Crippen molar-refractivity contribution in [3.05, 3.63) is 89.8 Å². The molecule has 0 bridgehead atoms. The van der Waals surface area contributed by atoms with Crippen molar-refractivity contribution in [3.63, 3.8) is 0 Å². The summed E-state index contributed by atoms with van der Waals surface area (Å²) >= 11 is 0. The molecule has 1 amide bonds. The number of benzene rings is 2. The fourth-order valence-corrected chi connectivity index (χ4v) is 2.76. The third-order valence-corrected chi connectivity index (χ3v) is 3.95. The van der Waals surface area contributed by atoms with Crippen LogP contribution in [0, 0.1) is 0 Å². The maximum atomic E-state index is 13.0. The molecule has 5 nitrogen and oxygen atoms in total. The molecule has 0 radical (unpaired) electrons. The molecule has 0 aliphatic carbocycles. The van der Waals surface area contributed by atoms with Crippen LogP contribution in [0.2, 0.25) is 0 Å². The van der Waals surface area contributed by atoms with Gasteiger partial charge in [0.2, 0.25) is 0 Å². The summed E-state index contributed by atoms with van der Waals surface area (Å²) in [7, 11) is 1.85. The highest BCUT2D eigenvalue weighted by molar-refractivity contribution is 6.37. The van der Waals surface area contributed by atoms with E-state index < -0.39 is 0 Å². The van der Waals surface area contributed by atoms with E-state index in [2.05, 4.69) is 10.2 Å². The van der Waals surface area contributed by atoms with Gasteiger partial charge >= 0.3 is 0 Å². The molecule has 1 aromatic heterocycles. The zero-order valence-corrected chi connectivity index (χ0v) is 13.7. The Morgan fingerprint density at radius 1 is 0.920 bits per heavy atom. The monoisotopic (exact) mass is 328 g/mol. The maximum Gasteiger partial charge on any atom is 0.281 e. The number of carbonyl (C=O) groups is 1. The second-order valence-electron chi connectivity index (χ2n) is 5.74. The number of rotatable bonds is 3. The van der Waals surface area contributed by atoms with Crippen molar-refractivity contribution >= 4 is 23.4 Å². The average molecular weight is 328 g/mol. The Morgan fingerprint density at radius 3 is 2.24 bits per heavy atom. The molecular weight excluding hydrogens is 312 g/mol. The molecule has 3 aromatic rings. The smallest absolute Gasteiger partial charge is 0.275 e. The topological polar surface area (TPSA) is 50.5 Å². The molecule has 4 rings (SSSR count). The Balaban J connectivity index is 1.83. The molecule has 5 heteroatoms. The first-order chi connectivity index (χ1) is 12.2. The van der Waals surface area contributed by atoms with Crippen molar-refractivity contribution in [3.8, 4) is 0 Å². The second-order valence-corrected chi connectivity index (χ2v) is 5.74. The number of hydrogen-bond acceptors (Lipinski definition) is 3. The normalized spacial score (nSPS) is 15.7. The van der Waals surface area contributed by atoms with Crippen LogP contribution in [0.3, 0.4) is 0 Å². The molecule has 0 saturated carbocycles. The van der Waals surface area contributed by atoms with Gasteiger partial charge in [0.25, 0.3) is 5.91 Å². The van der Waals surface area contributed by atoms with Gasteiger partial charge in [0.05, 0.1) is 17.0 Å². The molecule has 0 unspecified atom stereocenters. The third kappa shape index (κ3) is 2.87. The Morgan fingerprint density at radius 2 is 1.60 bits per heavy atom. The quantitative estimate of drug-likeness (QED) is 0.693. The van der Waals surface area contributed by atoms with Gasteiger partial charge in [-0.25, -0.2) is 0 Å². The number of hydrazone groups is 1. The average Bonchev–Trinajstić information content (AvgIpc) is 3.21. The van der Waals surface area contributed by atoms with Gasteiger partial charge in [-0.3, -0.25) is 9.48 Å². The van der Waals surface area contributed by atoms with Gasteiger partial charge in [-0.15, -0.1) is 0 Å². The van der Waals surface area contributed by atoms with Gasteiger partial charge in [-0.05, 0) is 24.3 Å². The number of amides is 1. The summed E-state index contributed by atoms with van der Waals surface area (Å²) in [6.07, 6.45) is 3.64. The van der Waals surface area contributed by atoms with Crippen LogP contribution in [0.5, 0.6) is 0 Å². The first-order valence-electron chi connectivity index (χ1n) is 7.97. The van der Waals surface area contributed by atoms with Crippen LogP contribution in [0.15, 0.2) is 83.6 Å². The fourth-order valence-electron chi connectivity index (χ4n) is 2.76. The van der Waals surface area contributed by atoms with Gasteiger partial charge in [-0.1, -0.05) is 48.5 Å². The van der Waals surface area contributed by atoms with Crippen molar-refractivity contribution in [1.29, 1.82) is 0 Å². The summed E-state index contributed by atoms with van der Waals surface area (Å²) in [5.74, 6) is -0.157. The lowest BCUT2D eigenvalue weighted by Crippen LogP contribution is -2.21. The molecule has 0 saturated heterocycles. The number of aromatic nitrogens is 2. The third-order valence-electron chi connectivity index (χ3n) is 3.95. The number of para-hydroxylation sites is 1. The van der Waals surface area contributed by atoms with Crippen molar-refractivity contribution in [2.24, 2.45) is 12.1 Å². The largest absolute Gasteiger partial charge is 0.281 e. The van der Waals surface area contributed by atoms with Crippen molar-refractivity contribution in [1.82, 2.24) is 9.78 Å². The van der Waals surface area contributed by atoms with Crippen LogP contribution in [0.1, 0.15) is 11.3 Å². The van der Waals surface area contributed by atoms with Crippen LogP contribution in [-0.4, -0.2) is 21.4 Å². The molecule has 0 spiro atoms. The maximum absolute atomic E-state index is 13.0. The molecule has 0 fully saturated rings. The van der Waals surface area contributed by atoms with E-state index in [0.717, 1.165) is 16.9 Å². The number of nitrogens with zero attached hydrogens (tertiary/aromatic N) is 4. The van der Waals surface area contributed by atoms with Crippen LogP contribution < -0.4 is 5.01 Å². The lowest BCUT2D eigenvalue weighted by atomic mass is 10.0. The van der Waals surface area contributed by atoms with E-state index in [0.29, 0.717) is 11.3 Å². The first kappa shape index (κ1) is 15.1. The van der Waals surface area contributed by atoms with Gasteiger partial charge in [-0.2, -0.15) is 15.2 Å². The minimum Gasteiger partial charge on any atom is -0.275 e. The van der Waals surface area contributed by atoms with Gasteiger partial charge < -0.3 is 0 Å². The van der Waals surface area contributed by atoms with E-state index in [9.17, 15) is 4.79 Å². The first-order valence-corrected chi connectivity index (χ1v) is 7.97. The van der Waals surface area contributed by atoms with Crippen molar-refractivity contribution in [2.45, 2.75) is 0 Å². The standard InChI is InChI=1S/C20H16N4O/c1-23-13-12-16(21-23)14-18-19(15-8-4-2-5-9-15)22-24(20(18)25)17-10-6-3-7-11-17/h2-14H,1H3/b18-14+.